The summed E-state index contributed by atoms with van der Waals surface area (Å²) in [5, 5.41) is 1.47. The van der Waals surface area contributed by atoms with Crippen LogP contribution in [0.3, 0.4) is 0 Å². The first kappa shape index (κ1) is 15.3. The molecule has 110 valence electrons. The van der Waals surface area contributed by atoms with Crippen molar-refractivity contribution in [3.05, 3.63) is 29.8 Å². The number of morpholine rings is 1. The minimum absolute atomic E-state index is 0.252. The third kappa shape index (κ3) is 4.18. The Kier molecular flexibility index (Phi) is 4.99. The average molecular weight is 291 g/mol. The number of nitrogens with zero attached hydrogens (tertiary/aromatic N) is 1. The van der Waals surface area contributed by atoms with E-state index in [1.165, 1.54) is 10.8 Å². The van der Waals surface area contributed by atoms with E-state index in [0.717, 1.165) is 19.5 Å². The molecular formula is C16H25NO2Si. The van der Waals surface area contributed by atoms with Gasteiger partial charge in [0.2, 0.25) is 5.91 Å². The Labute approximate surface area is 122 Å². The van der Waals surface area contributed by atoms with E-state index in [4.69, 9.17) is 4.74 Å². The molecule has 1 saturated heterocycles. The Morgan fingerprint density at radius 1 is 1.15 bits per heavy atom. The minimum atomic E-state index is -1.22. The monoisotopic (exact) mass is 291 g/mol. The first-order valence-electron chi connectivity index (χ1n) is 7.42. The highest BCUT2D eigenvalue weighted by Crippen LogP contribution is 2.08. The van der Waals surface area contributed by atoms with Crippen molar-refractivity contribution in [2.75, 3.05) is 26.3 Å². The van der Waals surface area contributed by atoms with E-state index in [0.29, 0.717) is 19.6 Å². The van der Waals surface area contributed by atoms with Crippen LogP contribution in [0.25, 0.3) is 0 Å². The molecule has 0 radical (unpaired) electrons. The van der Waals surface area contributed by atoms with E-state index >= 15 is 0 Å². The van der Waals surface area contributed by atoms with Gasteiger partial charge in [-0.3, -0.25) is 4.79 Å². The number of aryl methyl sites for hydroxylation is 1. The predicted octanol–water partition coefficient (Wildman–Crippen LogP) is 2.02. The smallest absolute Gasteiger partial charge is 0.223 e. The second kappa shape index (κ2) is 6.55. The van der Waals surface area contributed by atoms with Gasteiger partial charge >= 0.3 is 0 Å². The molecule has 3 nitrogen and oxygen atoms in total. The zero-order valence-electron chi connectivity index (χ0n) is 12.8. The van der Waals surface area contributed by atoms with Crippen molar-refractivity contribution in [2.45, 2.75) is 32.5 Å². The topological polar surface area (TPSA) is 29.5 Å². The summed E-state index contributed by atoms with van der Waals surface area (Å²) in [6.07, 6.45) is 1.44. The fraction of sp³-hybridized carbons (Fsp3) is 0.562. The molecule has 1 fully saturated rings. The lowest BCUT2D eigenvalue weighted by Crippen LogP contribution is -2.40. The number of amides is 1. The van der Waals surface area contributed by atoms with Gasteiger partial charge in [0.25, 0.3) is 0 Å². The van der Waals surface area contributed by atoms with Crippen molar-refractivity contribution < 1.29 is 9.53 Å². The highest BCUT2D eigenvalue weighted by molar-refractivity contribution is 6.88. The molecule has 0 aromatic heterocycles. The van der Waals surface area contributed by atoms with Crippen molar-refractivity contribution in [1.29, 1.82) is 0 Å². The molecule has 1 aliphatic rings. The molecule has 1 aliphatic heterocycles. The molecule has 0 saturated carbocycles. The van der Waals surface area contributed by atoms with Crippen molar-refractivity contribution in [1.82, 2.24) is 4.90 Å². The minimum Gasteiger partial charge on any atom is -0.378 e. The Morgan fingerprint density at radius 2 is 1.75 bits per heavy atom. The lowest BCUT2D eigenvalue weighted by Gasteiger charge is -2.26. The summed E-state index contributed by atoms with van der Waals surface area (Å²) in [5.74, 6) is 0.252. The molecule has 0 bridgehead atoms. The Bertz CT molecular complexity index is 445. The molecule has 1 aromatic carbocycles. The normalized spacial score (nSPS) is 16.2. The third-order valence-electron chi connectivity index (χ3n) is 3.81. The van der Waals surface area contributed by atoms with Gasteiger partial charge in [0, 0.05) is 19.5 Å². The Balaban J connectivity index is 1.86. The first-order valence-corrected chi connectivity index (χ1v) is 10.9. The summed E-state index contributed by atoms with van der Waals surface area (Å²) in [7, 11) is -1.22. The van der Waals surface area contributed by atoms with Gasteiger partial charge in [0.05, 0.1) is 21.3 Å². The van der Waals surface area contributed by atoms with Gasteiger partial charge < -0.3 is 9.64 Å². The van der Waals surface area contributed by atoms with Crippen LogP contribution >= 0.6 is 0 Å². The van der Waals surface area contributed by atoms with Crippen LogP contribution in [-0.2, 0) is 16.0 Å². The molecule has 0 spiro atoms. The lowest BCUT2D eigenvalue weighted by molar-refractivity contribution is -0.135. The summed E-state index contributed by atoms with van der Waals surface area (Å²) in [6, 6.07) is 8.84. The largest absolute Gasteiger partial charge is 0.378 e. The first-order chi connectivity index (χ1) is 9.47. The Morgan fingerprint density at radius 3 is 2.30 bits per heavy atom. The number of hydrogen-bond acceptors (Lipinski definition) is 2. The maximum Gasteiger partial charge on any atom is 0.223 e. The average Bonchev–Trinajstić information content (AvgIpc) is 2.45. The number of carbonyl (C=O) groups excluding carboxylic acids is 1. The van der Waals surface area contributed by atoms with Crippen LogP contribution in [0.2, 0.25) is 19.6 Å². The van der Waals surface area contributed by atoms with Crippen molar-refractivity contribution in [2.24, 2.45) is 0 Å². The van der Waals surface area contributed by atoms with E-state index < -0.39 is 8.07 Å². The van der Waals surface area contributed by atoms with E-state index in [-0.39, 0.29) is 5.91 Å². The SMILES string of the molecule is C[Si](C)(C)c1ccc(CCC(=O)N2CCOCC2)cc1. The highest BCUT2D eigenvalue weighted by atomic mass is 28.3. The third-order valence-corrected chi connectivity index (χ3v) is 5.88. The summed E-state index contributed by atoms with van der Waals surface area (Å²) in [5.41, 5.74) is 1.26. The van der Waals surface area contributed by atoms with Crippen LogP contribution in [0.15, 0.2) is 24.3 Å². The maximum absolute atomic E-state index is 12.1. The second-order valence-corrected chi connectivity index (χ2v) is 11.5. The number of ether oxygens (including phenoxy) is 1. The van der Waals surface area contributed by atoms with Gasteiger partial charge in [-0.15, -0.1) is 0 Å². The molecule has 1 aromatic rings. The number of hydrogen-bond donors (Lipinski definition) is 0. The maximum atomic E-state index is 12.1. The van der Waals surface area contributed by atoms with E-state index in [1.807, 2.05) is 4.90 Å². The van der Waals surface area contributed by atoms with Gasteiger partial charge in [-0.1, -0.05) is 49.1 Å². The fourth-order valence-electron chi connectivity index (χ4n) is 2.39. The molecule has 0 unspecified atom stereocenters. The number of benzene rings is 1. The summed E-state index contributed by atoms with van der Waals surface area (Å²) in [4.78, 5) is 14.0. The van der Waals surface area contributed by atoms with Gasteiger partial charge in [-0.05, 0) is 12.0 Å². The van der Waals surface area contributed by atoms with Crippen LogP contribution in [0, 0.1) is 0 Å². The molecule has 1 amide bonds. The van der Waals surface area contributed by atoms with Crippen LogP contribution in [0.5, 0.6) is 0 Å². The van der Waals surface area contributed by atoms with Gasteiger partial charge in [0.1, 0.15) is 0 Å². The Hall–Kier alpha value is -1.13. The second-order valence-electron chi connectivity index (χ2n) is 6.44. The molecule has 20 heavy (non-hydrogen) atoms. The van der Waals surface area contributed by atoms with Gasteiger partial charge in [0.15, 0.2) is 0 Å². The molecule has 0 atom stereocenters. The van der Waals surface area contributed by atoms with Crippen LogP contribution < -0.4 is 5.19 Å². The van der Waals surface area contributed by atoms with E-state index in [9.17, 15) is 4.79 Å². The number of rotatable bonds is 4. The van der Waals surface area contributed by atoms with Crippen molar-refractivity contribution in [3.8, 4) is 0 Å². The van der Waals surface area contributed by atoms with E-state index in [2.05, 4.69) is 43.9 Å². The predicted molar refractivity (Wildman–Crippen MR) is 85.1 cm³/mol. The van der Waals surface area contributed by atoms with Crippen molar-refractivity contribution in [3.63, 3.8) is 0 Å². The van der Waals surface area contributed by atoms with E-state index in [1.54, 1.807) is 0 Å². The molecule has 0 N–H and O–H groups in total. The zero-order chi connectivity index (χ0) is 14.6. The lowest BCUT2D eigenvalue weighted by atomic mass is 10.1. The fourth-order valence-corrected chi connectivity index (χ4v) is 3.56. The van der Waals surface area contributed by atoms with Crippen LogP contribution in [0.4, 0.5) is 0 Å². The quantitative estimate of drug-likeness (QED) is 0.794. The van der Waals surface area contributed by atoms with Gasteiger partial charge in [-0.2, -0.15) is 0 Å². The summed E-state index contributed by atoms with van der Waals surface area (Å²) >= 11 is 0. The summed E-state index contributed by atoms with van der Waals surface area (Å²) < 4.78 is 5.27. The molecule has 1 heterocycles. The molecular weight excluding hydrogens is 266 g/mol. The number of carbonyl (C=O) groups is 1. The summed E-state index contributed by atoms with van der Waals surface area (Å²) in [6.45, 7) is 9.89. The molecule has 2 rings (SSSR count). The van der Waals surface area contributed by atoms with Crippen molar-refractivity contribution >= 4 is 19.2 Å². The van der Waals surface area contributed by atoms with Gasteiger partial charge in [-0.25, -0.2) is 0 Å². The van der Waals surface area contributed by atoms with Crippen LogP contribution in [0.1, 0.15) is 12.0 Å². The standard InChI is InChI=1S/C16H25NO2Si/c1-20(2,3)15-7-4-14(5-8-15)6-9-16(18)17-10-12-19-13-11-17/h4-5,7-8H,6,9-13H2,1-3H3. The highest BCUT2D eigenvalue weighted by Gasteiger charge is 2.17. The molecule has 0 aliphatic carbocycles. The van der Waals surface area contributed by atoms with Crippen LogP contribution in [-0.4, -0.2) is 45.2 Å². The molecule has 4 heteroatoms. The zero-order valence-corrected chi connectivity index (χ0v) is 13.8.